The summed E-state index contributed by atoms with van der Waals surface area (Å²) in [5.74, 6) is 0. The van der Waals surface area contributed by atoms with Gasteiger partial charge in [-0.05, 0) is 51.3 Å². The van der Waals surface area contributed by atoms with Crippen molar-refractivity contribution in [2.75, 3.05) is 6.54 Å². The number of aryl methyl sites for hydroxylation is 1. The Morgan fingerprint density at radius 2 is 2.41 bits per heavy atom. The molecule has 1 aliphatic rings. The quantitative estimate of drug-likeness (QED) is 0.867. The minimum atomic E-state index is -0.199. The van der Waals surface area contributed by atoms with Gasteiger partial charge < -0.3 is 5.11 Å². The third-order valence-electron chi connectivity index (χ3n) is 3.60. The molecule has 1 aromatic heterocycles. The van der Waals surface area contributed by atoms with Crippen LogP contribution in [-0.2, 0) is 6.54 Å². The van der Waals surface area contributed by atoms with E-state index in [1.807, 2.05) is 19.2 Å². The summed E-state index contributed by atoms with van der Waals surface area (Å²) in [7, 11) is 0. The first-order chi connectivity index (χ1) is 8.16. The van der Waals surface area contributed by atoms with Gasteiger partial charge in [-0.2, -0.15) is 0 Å². The summed E-state index contributed by atoms with van der Waals surface area (Å²) in [5, 5.41) is 9.51. The van der Waals surface area contributed by atoms with Gasteiger partial charge in [-0.3, -0.25) is 9.88 Å². The van der Waals surface area contributed by atoms with Crippen molar-refractivity contribution < 1.29 is 5.11 Å². The maximum Gasteiger partial charge on any atom is 0.0527 e. The highest BCUT2D eigenvalue weighted by Gasteiger charge is 2.25. The lowest BCUT2D eigenvalue weighted by molar-refractivity contribution is 0.130. The van der Waals surface area contributed by atoms with Crippen molar-refractivity contribution in [3.63, 3.8) is 0 Å². The van der Waals surface area contributed by atoms with Crippen LogP contribution in [0.25, 0.3) is 0 Å². The Morgan fingerprint density at radius 1 is 1.59 bits per heavy atom. The molecule has 2 heterocycles. The topological polar surface area (TPSA) is 36.4 Å². The van der Waals surface area contributed by atoms with E-state index in [0.717, 1.165) is 25.2 Å². The van der Waals surface area contributed by atoms with Gasteiger partial charge in [0.25, 0.3) is 0 Å². The average Bonchev–Trinajstić information content (AvgIpc) is 2.68. The van der Waals surface area contributed by atoms with E-state index >= 15 is 0 Å². The van der Waals surface area contributed by atoms with E-state index in [1.165, 1.54) is 18.4 Å². The normalized spacial score (nSPS) is 22.9. The summed E-state index contributed by atoms with van der Waals surface area (Å²) in [6.07, 6.45) is 4.99. The molecule has 0 spiro atoms. The van der Waals surface area contributed by atoms with Crippen LogP contribution in [0.2, 0.25) is 0 Å². The average molecular weight is 234 g/mol. The highest BCUT2D eigenvalue weighted by Crippen LogP contribution is 2.24. The Balaban J connectivity index is 2.00. The van der Waals surface area contributed by atoms with Crippen molar-refractivity contribution in [2.45, 2.75) is 51.8 Å². The smallest absolute Gasteiger partial charge is 0.0527 e. The van der Waals surface area contributed by atoms with Crippen LogP contribution in [0.5, 0.6) is 0 Å². The molecular formula is C14H22N2O. The van der Waals surface area contributed by atoms with Crippen LogP contribution in [0.4, 0.5) is 0 Å². The molecule has 1 fully saturated rings. The Labute approximate surface area is 103 Å². The Hall–Kier alpha value is -0.930. The summed E-state index contributed by atoms with van der Waals surface area (Å²) in [4.78, 5) is 6.81. The van der Waals surface area contributed by atoms with Gasteiger partial charge in [0, 0.05) is 24.5 Å². The van der Waals surface area contributed by atoms with Crippen LogP contribution in [0.15, 0.2) is 18.3 Å². The van der Waals surface area contributed by atoms with E-state index in [0.29, 0.717) is 6.04 Å². The summed E-state index contributed by atoms with van der Waals surface area (Å²) in [5.41, 5.74) is 2.43. The number of pyridine rings is 1. The van der Waals surface area contributed by atoms with Crippen molar-refractivity contribution in [1.29, 1.82) is 0 Å². The first-order valence-corrected chi connectivity index (χ1v) is 6.49. The molecular weight excluding hydrogens is 212 g/mol. The number of hydrogen-bond acceptors (Lipinski definition) is 3. The largest absolute Gasteiger partial charge is 0.393 e. The van der Waals surface area contributed by atoms with E-state index in [-0.39, 0.29) is 6.10 Å². The lowest BCUT2D eigenvalue weighted by atomic mass is 10.1. The van der Waals surface area contributed by atoms with E-state index in [4.69, 9.17) is 0 Å². The Morgan fingerprint density at radius 3 is 3.12 bits per heavy atom. The number of aromatic nitrogens is 1. The van der Waals surface area contributed by atoms with Gasteiger partial charge >= 0.3 is 0 Å². The van der Waals surface area contributed by atoms with Crippen LogP contribution in [0.1, 0.15) is 37.4 Å². The third-order valence-corrected chi connectivity index (χ3v) is 3.60. The molecule has 0 aliphatic carbocycles. The molecule has 1 aliphatic heterocycles. The van der Waals surface area contributed by atoms with E-state index in [1.54, 1.807) is 0 Å². The molecule has 2 atom stereocenters. The molecule has 2 rings (SSSR count). The van der Waals surface area contributed by atoms with Gasteiger partial charge in [-0.25, -0.2) is 0 Å². The number of likely N-dealkylation sites (tertiary alicyclic amines) is 1. The molecule has 0 saturated carbocycles. The zero-order valence-corrected chi connectivity index (χ0v) is 10.8. The van der Waals surface area contributed by atoms with Gasteiger partial charge in [0.1, 0.15) is 0 Å². The number of hydrogen-bond donors (Lipinski definition) is 1. The van der Waals surface area contributed by atoms with E-state index in [9.17, 15) is 5.11 Å². The minimum Gasteiger partial charge on any atom is -0.393 e. The molecule has 3 heteroatoms. The predicted octanol–water partition coefficient (Wildman–Crippen LogP) is 2.13. The van der Waals surface area contributed by atoms with Crippen molar-refractivity contribution >= 4 is 0 Å². The SMILES string of the molecule is Cc1ncccc1CN1CCCC1CC(C)O. The monoisotopic (exact) mass is 234 g/mol. The molecule has 0 bridgehead atoms. The Bertz CT molecular complexity index is 365. The fourth-order valence-corrected chi connectivity index (χ4v) is 2.67. The van der Waals surface area contributed by atoms with Crippen molar-refractivity contribution in [3.8, 4) is 0 Å². The standard InChI is InChI=1S/C14H22N2O/c1-11(17)9-14-6-4-8-16(14)10-13-5-3-7-15-12(13)2/h3,5,7,11,14,17H,4,6,8-10H2,1-2H3. The van der Waals surface area contributed by atoms with Gasteiger partial charge in [0.2, 0.25) is 0 Å². The summed E-state index contributed by atoms with van der Waals surface area (Å²) < 4.78 is 0. The second-order valence-corrected chi connectivity index (χ2v) is 5.10. The molecule has 1 saturated heterocycles. The molecule has 2 unspecified atom stereocenters. The van der Waals surface area contributed by atoms with Crippen LogP contribution in [-0.4, -0.2) is 33.7 Å². The predicted molar refractivity (Wildman–Crippen MR) is 68.7 cm³/mol. The summed E-state index contributed by atoms with van der Waals surface area (Å²) in [6.45, 7) is 6.06. The highest BCUT2D eigenvalue weighted by atomic mass is 16.3. The fourth-order valence-electron chi connectivity index (χ4n) is 2.67. The number of nitrogens with zero attached hydrogens (tertiary/aromatic N) is 2. The molecule has 3 nitrogen and oxygen atoms in total. The van der Waals surface area contributed by atoms with Crippen LogP contribution >= 0.6 is 0 Å². The van der Waals surface area contributed by atoms with Crippen molar-refractivity contribution in [3.05, 3.63) is 29.6 Å². The molecule has 0 radical (unpaired) electrons. The van der Waals surface area contributed by atoms with Gasteiger partial charge in [0.15, 0.2) is 0 Å². The van der Waals surface area contributed by atoms with Crippen LogP contribution < -0.4 is 0 Å². The van der Waals surface area contributed by atoms with Crippen LogP contribution in [0.3, 0.4) is 0 Å². The van der Waals surface area contributed by atoms with Gasteiger partial charge in [-0.1, -0.05) is 6.07 Å². The zero-order chi connectivity index (χ0) is 12.3. The number of aliphatic hydroxyl groups is 1. The van der Waals surface area contributed by atoms with E-state index in [2.05, 4.69) is 22.9 Å². The Kier molecular flexibility index (Phi) is 4.13. The number of aliphatic hydroxyl groups excluding tert-OH is 1. The second kappa shape index (κ2) is 5.61. The molecule has 1 aromatic rings. The van der Waals surface area contributed by atoms with E-state index < -0.39 is 0 Å². The highest BCUT2D eigenvalue weighted by molar-refractivity contribution is 5.18. The number of rotatable bonds is 4. The lowest BCUT2D eigenvalue weighted by Gasteiger charge is -2.25. The zero-order valence-electron chi connectivity index (χ0n) is 10.8. The third kappa shape index (κ3) is 3.27. The van der Waals surface area contributed by atoms with Crippen LogP contribution in [0, 0.1) is 6.92 Å². The van der Waals surface area contributed by atoms with Crippen molar-refractivity contribution in [1.82, 2.24) is 9.88 Å². The maximum atomic E-state index is 9.51. The maximum absolute atomic E-state index is 9.51. The van der Waals surface area contributed by atoms with Gasteiger partial charge in [-0.15, -0.1) is 0 Å². The van der Waals surface area contributed by atoms with Crippen molar-refractivity contribution in [2.24, 2.45) is 0 Å². The summed E-state index contributed by atoms with van der Waals surface area (Å²) >= 11 is 0. The molecule has 1 N–H and O–H groups in total. The lowest BCUT2D eigenvalue weighted by Crippen LogP contribution is -2.31. The van der Waals surface area contributed by atoms with Gasteiger partial charge in [0.05, 0.1) is 6.10 Å². The molecule has 94 valence electrons. The molecule has 17 heavy (non-hydrogen) atoms. The second-order valence-electron chi connectivity index (χ2n) is 5.10. The summed E-state index contributed by atoms with van der Waals surface area (Å²) in [6, 6.07) is 4.69. The molecule has 0 amide bonds. The first kappa shape index (κ1) is 12.5. The molecule has 0 aromatic carbocycles. The minimum absolute atomic E-state index is 0.199. The fraction of sp³-hybridized carbons (Fsp3) is 0.643. The first-order valence-electron chi connectivity index (χ1n) is 6.49.